The molecular weight excluding hydrogens is 307 g/mol. The normalized spacial score (nSPS) is 21.0. The van der Waals surface area contributed by atoms with Gasteiger partial charge in [0.1, 0.15) is 5.82 Å². The van der Waals surface area contributed by atoms with Crippen molar-refractivity contribution in [2.75, 3.05) is 13.1 Å². The first-order chi connectivity index (χ1) is 10.4. The molecule has 0 saturated carbocycles. The summed E-state index contributed by atoms with van der Waals surface area (Å²) in [6.45, 7) is 4.57. The van der Waals surface area contributed by atoms with Gasteiger partial charge in [0.15, 0.2) is 0 Å². The van der Waals surface area contributed by atoms with Crippen LogP contribution in [0.5, 0.6) is 0 Å². The van der Waals surface area contributed by atoms with Gasteiger partial charge in [0.05, 0.1) is 11.1 Å². The van der Waals surface area contributed by atoms with E-state index in [0.717, 1.165) is 18.9 Å². The number of nitrogens with one attached hydrogen (secondary N) is 1. The van der Waals surface area contributed by atoms with Crippen LogP contribution in [-0.4, -0.2) is 35.8 Å². The molecule has 0 unspecified atom stereocenters. The molecule has 2 rings (SSSR count). The average Bonchev–Trinajstić information content (AvgIpc) is 2.84. The maximum absolute atomic E-state index is 13.5. The molecule has 0 spiro atoms. The number of amides is 2. The van der Waals surface area contributed by atoms with Crippen LogP contribution in [0.25, 0.3) is 0 Å². The lowest BCUT2D eigenvalue weighted by atomic mass is 9.98. The molecular formula is C16H20ClFN2O2. The second-order valence-corrected chi connectivity index (χ2v) is 6.10. The van der Waals surface area contributed by atoms with Crippen LogP contribution in [0.1, 0.15) is 37.0 Å². The number of halogens is 2. The smallest absolute Gasteiger partial charge is 0.254 e. The summed E-state index contributed by atoms with van der Waals surface area (Å²) in [7, 11) is 0. The summed E-state index contributed by atoms with van der Waals surface area (Å²) in [5, 5.41) is 2.90. The van der Waals surface area contributed by atoms with E-state index in [0.29, 0.717) is 13.1 Å². The van der Waals surface area contributed by atoms with Crippen LogP contribution in [0.2, 0.25) is 5.02 Å². The van der Waals surface area contributed by atoms with Gasteiger partial charge >= 0.3 is 0 Å². The molecule has 0 bridgehead atoms. The molecule has 4 nitrogen and oxygen atoms in total. The molecule has 1 saturated heterocycles. The van der Waals surface area contributed by atoms with E-state index in [2.05, 4.69) is 12.2 Å². The van der Waals surface area contributed by atoms with Gasteiger partial charge in [0, 0.05) is 25.6 Å². The van der Waals surface area contributed by atoms with Gasteiger partial charge < -0.3 is 10.2 Å². The van der Waals surface area contributed by atoms with Crippen LogP contribution in [0.15, 0.2) is 18.2 Å². The van der Waals surface area contributed by atoms with Crippen LogP contribution in [-0.2, 0) is 4.79 Å². The van der Waals surface area contributed by atoms with Crippen molar-refractivity contribution in [1.29, 1.82) is 0 Å². The fourth-order valence-electron chi connectivity index (χ4n) is 2.94. The van der Waals surface area contributed by atoms with Gasteiger partial charge in [-0.05, 0) is 30.5 Å². The standard InChI is InChI=1S/C16H20ClFN2O2/c1-3-4-12-8-20(9-15(12)19-10(2)21)16(22)11-5-6-13(17)14(18)7-11/h5-7,12,15H,3-4,8-9H2,1-2H3,(H,19,21)/t12-,15-/m1/s1. The number of benzene rings is 1. The Labute approximate surface area is 134 Å². The molecule has 1 aromatic carbocycles. The Morgan fingerprint density at radius 3 is 2.73 bits per heavy atom. The van der Waals surface area contributed by atoms with Gasteiger partial charge in [-0.15, -0.1) is 0 Å². The van der Waals surface area contributed by atoms with Gasteiger partial charge in [0.2, 0.25) is 5.91 Å². The SMILES string of the molecule is CCC[C@@H]1CN(C(=O)c2ccc(Cl)c(F)c2)C[C@H]1NC(C)=O. The minimum absolute atomic E-state index is 0.00189. The number of hydrogen-bond donors (Lipinski definition) is 1. The molecule has 1 aliphatic rings. The largest absolute Gasteiger partial charge is 0.351 e. The highest BCUT2D eigenvalue weighted by Crippen LogP contribution is 2.24. The van der Waals surface area contributed by atoms with Crippen molar-refractivity contribution in [3.05, 3.63) is 34.6 Å². The van der Waals surface area contributed by atoms with Crippen LogP contribution in [0.3, 0.4) is 0 Å². The Balaban J connectivity index is 2.13. The van der Waals surface area contributed by atoms with Gasteiger partial charge in [-0.25, -0.2) is 4.39 Å². The third kappa shape index (κ3) is 3.77. The molecule has 6 heteroatoms. The van der Waals surface area contributed by atoms with Crippen LogP contribution in [0, 0.1) is 11.7 Å². The third-order valence-electron chi connectivity index (χ3n) is 3.94. The zero-order valence-corrected chi connectivity index (χ0v) is 13.5. The number of nitrogens with zero attached hydrogens (tertiary/aromatic N) is 1. The predicted molar refractivity (Wildman–Crippen MR) is 83.3 cm³/mol. The first-order valence-electron chi connectivity index (χ1n) is 7.43. The first kappa shape index (κ1) is 16.7. The third-order valence-corrected chi connectivity index (χ3v) is 4.25. The van der Waals surface area contributed by atoms with E-state index in [1.807, 2.05) is 0 Å². The van der Waals surface area contributed by atoms with Crippen molar-refractivity contribution in [3.63, 3.8) is 0 Å². The van der Waals surface area contributed by atoms with Crippen molar-refractivity contribution in [2.24, 2.45) is 5.92 Å². The quantitative estimate of drug-likeness (QED) is 0.925. The fourth-order valence-corrected chi connectivity index (χ4v) is 3.05. The number of carbonyl (C=O) groups is 2. The molecule has 1 fully saturated rings. The van der Waals surface area contributed by atoms with E-state index in [1.165, 1.54) is 19.1 Å². The second kappa shape index (κ2) is 7.09. The van der Waals surface area contributed by atoms with Crippen LogP contribution >= 0.6 is 11.6 Å². The minimum Gasteiger partial charge on any atom is -0.351 e. The van der Waals surface area contributed by atoms with E-state index in [9.17, 15) is 14.0 Å². The molecule has 0 radical (unpaired) electrons. The number of carbonyl (C=O) groups excluding carboxylic acids is 2. The summed E-state index contributed by atoms with van der Waals surface area (Å²) in [6, 6.07) is 4.02. The summed E-state index contributed by atoms with van der Waals surface area (Å²) < 4.78 is 13.5. The highest BCUT2D eigenvalue weighted by Gasteiger charge is 2.35. The Hall–Kier alpha value is -1.62. The molecule has 1 N–H and O–H groups in total. The Morgan fingerprint density at radius 1 is 1.41 bits per heavy atom. The summed E-state index contributed by atoms with van der Waals surface area (Å²) in [5.41, 5.74) is 0.278. The Kier molecular flexibility index (Phi) is 5.40. The topological polar surface area (TPSA) is 49.4 Å². The number of hydrogen-bond acceptors (Lipinski definition) is 2. The van der Waals surface area contributed by atoms with Crippen molar-refractivity contribution in [1.82, 2.24) is 10.2 Å². The van der Waals surface area contributed by atoms with Crippen LogP contribution < -0.4 is 5.32 Å². The molecule has 2 amide bonds. The molecule has 2 atom stereocenters. The predicted octanol–water partition coefficient (Wildman–Crippen LogP) is 2.86. The molecule has 22 heavy (non-hydrogen) atoms. The van der Waals surface area contributed by atoms with Gasteiger partial charge in [0.25, 0.3) is 5.91 Å². The molecule has 1 heterocycles. The average molecular weight is 327 g/mol. The van der Waals surface area contributed by atoms with Gasteiger partial charge in [-0.1, -0.05) is 24.9 Å². The summed E-state index contributed by atoms with van der Waals surface area (Å²) in [5.74, 6) is -0.701. The van der Waals surface area contributed by atoms with E-state index < -0.39 is 5.82 Å². The van der Waals surface area contributed by atoms with Crippen LogP contribution in [0.4, 0.5) is 4.39 Å². The zero-order valence-electron chi connectivity index (χ0n) is 12.7. The van der Waals surface area contributed by atoms with Gasteiger partial charge in [-0.2, -0.15) is 0 Å². The lowest BCUT2D eigenvalue weighted by molar-refractivity contribution is -0.119. The summed E-state index contributed by atoms with van der Waals surface area (Å²) in [4.78, 5) is 25.5. The number of likely N-dealkylation sites (tertiary alicyclic amines) is 1. The lowest BCUT2D eigenvalue weighted by Gasteiger charge is -2.17. The minimum atomic E-state index is -0.602. The summed E-state index contributed by atoms with van der Waals surface area (Å²) in [6.07, 6.45) is 1.92. The molecule has 0 aliphatic carbocycles. The maximum atomic E-state index is 13.5. The van der Waals surface area contributed by atoms with Crippen molar-refractivity contribution in [3.8, 4) is 0 Å². The Morgan fingerprint density at radius 2 is 2.14 bits per heavy atom. The van der Waals surface area contributed by atoms with E-state index >= 15 is 0 Å². The molecule has 1 aliphatic heterocycles. The highest BCUT2D eigenvalue weighted by atomic mass is 35.5. The zero-order chi connectivity index (χ0) is 16.3. The molecule has 0 aromatic heterocycles. The maximum Gasteiger partial charge on any atom is 0.254 e. The number of rotatable bonds is 4. The molecule has 1 aromatic rings. The van der Waals surface area contributed by atoms with E-state index in [1.54, 1.807) is 4.90 Å². The summed E-state index contributed by atoms with van der Waals surface area (Å²) >= 11 is 5.64. The lowest BCUT2D eigenvalue weighted by Crippen LogP contribution is -2.39. The first-order valence-corrected chi connectivity index (χ1v) is 7.81. The van der Waals surface area contributed by atoms with Gasteiger partial charge in [-0.3, -0.25) is 9.59 Å². The van der Waals surface area contributed by atoms with E-state index in [4.69, 9.17) is 11.6 Å². The fraction of sp³-hybridized carbons (Fsp3) is 0.500. The highest BCUT2D eigenvalue weighted by molar-refractivity contribution is 6.30. The molecule has 120 valence electrons. The monoisotopic (exact) mass is 326 g/mol. The van der Waals surface area contributed by atoms with Crippen molar-refractivity contribution < 1.29 is 14.0 Å². The van der Waals surface area contributed by atoms with Crippen molar-refractivity contribution >= 4 is 23.4 Å². The second-order valence-electron chi connectivity index (χ2n) is 5.69. The Bertz CT molecular complexity index is 579. The van der Waals surface area contributed by atoms with Crippen molar-refractivity contribution in [2.45, 2.75) is 32.7 Å². The van der Waals surface area contributed by atoms with E-state index in [-0.39, 0.29) is 34.4 Å².